The van der Waals surface area contributed by atoms with E-state index in [1.807, 2.05) is 0 Å². The summed E-state index contributed by atoms with van der Waals surface area (Å²) < 4.78 is 2.27. The highest BCUT2D eigenvalue weighted by Gasteiger charge is 2.32. The Morgan fingerprint density at radius 2 is 2.24 bits per heavy atom. The van der Waals surface area contributed by atoms with Crippen LogP contribution in [0.15, 0.2) is 11.6 Å². The second-order valence-electron chi connectivity index (χ2n) is 5.89. The summed E-state index contributed by atoms with van der Waals surface area (Å²) >= 11 is 1.73. The van der Waals surface area contributed by atoms with Gasteiger partial charge >= 0.3 is 0 Å². The van der Waals surface area contributed by atoms with E-state index in [0.29, 0.717) is 0 Å². The number of rotatable bonds is 9. The lowest BCUT2D eigenvalue weighted by Crippen LogP contribution is -2.29. The first-order chi connectivity index (χ1) is 10.3. The van der Waals surface area contributed by atoms with E-state index in [2.05, 4.69) is 40.0 Å². The molecule has 21 heavy (non-hydrogen) atoms. The van der Waals surface area contributed by atoms with Gasteiger partial charge < -0.3 is 10.2 Å². The summed E-state index contributed by atoms with van der Waals surface area (Å²) in [6.07, 6.45) is 8.49. The highest BCUT2D eigenvalue weighted by atomic mass is 32.1. The Morgan fingerprint density at radius 1 is 1.38 bits per heavy atom. The molecule has 0 bridgehead atoms. The maximum absolute atomic E-state index is 4.93. The minimum atomic E-state index is 0.728. The topological polar surface area (TPSA) is 32.6 Å². The number of hydrogen-bond donors (Lipinski definition) is 1. The van der Waals surface area contributed by atoms with Crippen LogP contribution in [0.25, 0.3) is 4.96 Å². The Kier molecular flexibility index (Phi) is 4.80. The van der Waals surface area contributed by atoms with Gasteiger partial charge in [-0.2, -0.15) is 0 Å². The van der Waals surface area contributed by atoms with E-state index >= 15 is 0 Å². The van der Waals surface area contributed by atoms with Crippen molar-refractivity contribution in [3.63, 3.8) is 0 Å². The molecule has 0 spiro atoms. The van der Waals surface area contributed by atoms with E-state index in [9.17, 15) is 0 Å². The fourth-order valence-electron chi connectivity index (χ4n) is 2.78. The van der Waals surface area contributed by atoms with E-state index in [0.717, 1.165) is 30.6 Å². The smallest absolute Gasteiger partial charge is 0.195 e. The van der Waals surface area contributed by atoms with E-state index < -0.39 is 0 Å². The van der Waals surface area contributed by atoms with Crippen molar-refractivity contribution in [2.75, 3.05) is 18.0 Å². The number of unbranched alkanes of at least 4 members (excludes halogenated alkanes) is 1. The van der Waals surface area contributed by atoms with Crippen LogP contribution in [0.1, 0.15) is 51.6 Å². The number of thiazole rings is 1. The van der Waals surface area contributed by atoms with Gasteiger partial charge in [-0.1, -0.05) is 20.3 Å². The number of hydrogen-bond acceptors (Lipinski definition) is 4. The van der Waals surface area contributed by atoms with Crippen LogP contribution in [0.5, 0.6) is 0 Å². The normalized spacial score (nSPS) is 15.0. The molecule has 5 heteroatoms. The molecule has 0 aromatic carbocycles. The van der Waals surface area contributed by atoms with Gasteiger partial charge in [-0.25, -0.2) is 4.98 Å². The predicted molar refractivity (Wildman–Crippen MR) is 90.3 cm³/mol. The fourth-order valence-corrected chi connectivity index (χ4v) is 3.50. The van der Waals surface area contributed by atoms with Crippen molar-refractivity contribution >= 4 is 22.1 Å². The molecule has 2 heterocycles. The van der Waals surface area contributed by atoms with Crippen molar-refractivity contribution < 1.29 is 0 Å². The van der Waals surface area contributed by atoms with Gasteiger partial charge in [0.1, 0.15) is 0 Å². The first-order valence-corrected chi connectivity index (χ1v) is 9.14. The summed E-state index contributed by atoms with van der Waals surface area (Å²) in [5, 5.41) is 5.68. The molecule has 2 aromatic heterocycles. The molecule has 2 aromatic rings. The van der Waals surface area contributed by atoms with Gasteiger partial charge in [-0.3, -0.25) is 4.40 Å². The summed E-state index contributed by atoms with van der Waals surface area (Å²) in [5.74, 6) is 1.22. The van der Waals surface area contributed by atoms with Crippen molar-refractivity contribution in [2.24, 2.45) is 0 Å². The van der Waals surface area contributed by atoms with Crippen LogP contribution in [0, 0.1) is 0 Å². The minimum Gasteiger partial charge on any atom is -0.352 e. The van der Waals surface area contributed by atoms with Crippen LogP contribution >= 0.6 is 11.3 Å². The second-order valence-corrected chi connectivity index (χ2v) is 6.77. The van der Waals surface area contributed by atoms with E-state index in [1.54, 1.807) is 11.3 Å². The molecule has 1 aliphatic carbocycles. The van der Waals surface area contributed by atoms with Crippen molar-refractivity contribution in [3.05, 3.63) is 17.3 Å². The SMILES string of the molecule is CCCCN(c1nc2sccn2c1CNCCC)C1CC1. The standard InChI is InChI=1S/C16H26N4S/c1-3-5-9-19(13-6-7-13)15-14(12-17-8-4-2)20-10-11-21-16(20)18-15/h10-11,13,17H,3-9,12H2,1-2H3. The zero-order valence-corrected chi connectivity index (χ0v) is 14.0. The maximum Gasteiger partial charge on any atom is 0.195 e. The van der Waals surface area contributed by atoms with Crippen molar-refractivity contribution in [1.82, 2.24) is 14.7 Å². The summed E-state index contributed by atoms with van der Waals surface area (Å²) in [5.41, 5.74) is 1.34. The van der Waals surface area contributed by atoms with Crippen LogP contribution in [0.2, 0.25) is 0 Å². The van der Waals surface area contributed by atoms with E-state index in [1.165, 1.54) is 43.6 Å². The van der Waals surface area contributed by atoms with Crippen LogP contribution in [-0.2, 0) is 6.54 Å². The Bertz CT molecular complexity index is 570. The zero-order chi connectivity index (χ0) is 14.7. The molecule has 0 saturated heterocycles. The molecule has 1 saturated carbocycles. The third kappa shape index (κ3) is 3.24. The molecule has 4 nitrogen and oxygen atoms in total. The second kappa shape index (κ2) is 6.79. The van der Waals surface area contributed by atoms with Gasteiger partial charge in [-0.05, 0) is 32.2 Å². The lowest BCUT2D eigenvalue weighted by Gasteiger charge is -2.23. The van der Waals surface area contributed by atoms with Crippen molar-refractivity contribution in [3.8, 4) is 0 Å². The van der Waals surface area contributed by atoms with Gasteiger partial charge in [0.2, 0.25) is 0 Å². The minimum absolute atomic E-state index is 0.728. The van der Waals surface area contributed by atoms with E-state index in [-0.39, 0.29) is 0 Å². The first kappa shape index (κ1) is 14.9. The lowest BCUT2D eigenvalue weighted by molar-refractivity contribution is 0.651. The number of imidazole rings is 1. The molecular weight excluding hydrogens is 280 g/mol. The van der Waals surface area contributed by atoms with Crippen molar-refractivity contribution in [2.45, 2.75) is 58.5 Å². The van der Waals surface area contributed by atoms with Crippen LogP contribution in [0.3, 0.4) is 0 Å². The molecule has 1 aliphatic rings. The third-order valence-corrected chi connectivity index (χ3v) is 4.83. The summed E-state index contributed by atoms with van der Waals surface area (Å²) in [7, 11) is 0. The molecule has 0 unspecified atom stereocenters. The number of anilines is 1. The van der Waals surface area contributed by atoms with Gasteiger partial charge in [0.15, 0.2) is 10.8 Å². The van der Waals surface area contributed by atoms with Gasteiger partial charge in [0, 0.05) is 30.7 Å². The molecule has 0 atom stereocenters. The lowest BCUT2D eigenvalue weighted by atomic mass is 10.3. The number of aromatic nitrogens is 2. The molecule has 116 valence electrons. The number of nitrogens with zero attached hydrogens (tertiary/aromatic N) is 3. The molecule has 1 N–H and O–H groups in total. The molecule has 1 fully saturated rings. The number of fused-ring (bicyclic) bond motifs is 1. The molecule has 0 amide bonds. The highest BCUT2D eigenvalue weighted by molar-refractivity contribution is 7.15. The zero-order valence-electron chi connectivity index (χ0n) is 13.1. The fraction of sp³-hybridized carbons (Fsp3) is 0.688. The van der Waals surface area contributed by atoms with Crippen LogP contribution < -0.4 is 10.2 Å². The predicted octanol–water partition coefficient (Wildman–Crippen LogP) is 3.66. The quantitative estimate of drug-likeness (QED) is 0.718. The van der Waals surface area contributed by atoms with Gasteiger partial charge in [-0.15, -0.1) is 11.3 Å². The van der Waals surface area contributed by atoms with Crippen molar-refractivity contribution in [1.29, 1.82) is 0 Å². The van der Waals surface area contributed by atoms with Gasteiger partial charge in [0.05, 0.1) is 5.69 Å². The molecular formula is C16H26N4S. The summed E-state index contributed by atoms with van der Waals surface area (Å²) in [6, 6.07) is 0.728. The largest absolute Gasteiger partial charge is 0.352 e. The third-order valence-electron chi connectivity index (χ3n) is 4.07. The Labute approximate surface area is 131 Å². The summed E-state index contributed by atoms with van der Waals surface area (Å²) in [6.45, 7) is 7.60. The van der Waals surface area contributed by atoms with E-state index in [4.69, 9.17) is 4.98 Å². The highest BCUT2D eigenvalue weighted by Crippen LogP contribution is 2.34. The maximum atomic E-state index is 4.93. The van der Waals surface area contributed by atoms with Gasteiger partial charge in [0.25, 0.3) is 0 Å². The van der Waals surface area contributed by atoms with Crippen LogP contribution in [0.4, 0.5) is 5.82 Å². The Morgan fingerprint density at radius 3 is 2.95 bits per heavy atom. The summed E-state index contributed by atoms with van der Waals surface area (Å²) in [4.78, 5) is 8.62. The molecule has 0 radical (unpaired) electrons. The average molecular weight is 306 g/mol. The molecule has 0 aliphatic heterocycles. The van der Waals surface area contributed by atoms with Crippen LogP contribution in [-0.4, -0.2) is 28.5 Å². The Hall–Kier alpha value is -1.07. The molecule has 3 rings (SSSR count). The number of nitrogens with one attached hydrogen (secondary N) is 1. The first-order valence-electron chi connectivity index (χ1n) is 8.27. The monoisotopic (exact) mass is 306 g/mol. The average Bonchev–Trinajstić information content (AvgIpc) is 3.12. The Balaban J connectivity index is 1.87.